The average Bonchev–Trinajstić information content (AvgIpc) is 1.76. The summed E-state index contributed by atoms with van der Waals surface area (Å²) in [4.78, 5) is 0. The second kappa shape index (κ2) is 7.54. The fourth-order valence-corrected chi connectivity index (χ4v) is 0.417. The van der Waals surface area contributed by atoms with E-state index in [4.69, 9.17) is 0 Å². The van der Waals surface area contributed by atoms with Crippen molar-refractivity contribution in [3.8, 4) is 0 Å². The molecule has 0 fully saturated rings. The Labute approximate surface area is 88.5 Å². The summed E-state index contributed by atoms with van der Waals surface area (Å²) < 4.78 is 0. The maximum Gasteiger partial charge on any atom is 0.0176 e. The van der Waals surface area contributed by atoms with Crippen LogP contribution in [0.4, 0.5) is 0 Å². The van der Waals surface area contributed by atoms with Crippen LogP contribution in [0, 0.1) is 0 Å². The summed E-state index contributed by atoms with van der Waals surface area (Å²) in [6.45, 7) is 1.14. The first-order valence-electron chi connectivity index (χ1n) is 1.88. The van der Waals surface area contributed by atoms with Crippen molar-refractivity contribution in [2.24, 2.45) is 0 Å². The van der Waals surface area contributed by atoms with Crippen molar-refractivity contribution in [3.63, 3.8) is 0 Å². The molecule has 1 rings (SSSR count). The maximum atomic E-state index is 3.04. The Kier molecular flexibility index (Phi) is 12.2. The number of hydrogen-bond donors (Lipinski definition) is 1. The van der Waals surface area contributed by atoms with Crippen LogP contribution in [0.3, 0.4) is 0 Å². The van der Waals surface area contributed by atoms with Crippen LogP contribution < -0.4 is 5.32 Å². The second-order valence-electron chi connectivity index (χ2n) is 1.15. The fraction of sp³-hybridized carbons (Fsp3) is 0.500. The van der Waals surface area contributed by atoms with Crippen molar-refractivity contribution in [1.29, 1.82) is 0 Å². The third-order valence-electron chi connectivity index (χ3n) is 0.691. The van der Waals surface area contributed by atoms with Crippen LogP contribution in [-0.4, -0.2) is 65.7 Å². The average molecular weight is 115 g/mol. The van der Waals surface area contributed by atoms with E-state index in [2.05, 4.69) is 11.4 Å². The Bertz CT molecular complexity index is 47.7. The molecule has 0 aromatic heterocycles. The zero-order valence-corrected chi connectivity index (χ0v) is 9.07. The zero-order valence-electron chi connectivity index (χ0n) is 5.07. The van der Waals surface area contributed by atoms with Gasteiger partial charge in [-0.3, -0.25) is 0 Å². The Morgan fingerprint density at radius 3 is 2.14 bits per heavy atom. The standard InChI is InChI=1S/C4H7N.2Na/c1-2-4-5-3-1;;/h1,3,5H,2,4H2;;. The van der Waals surface area contributed by atoms with E-state index in [1.165, 1.54) is 6.42 Å². The molecule has 30 valence electrons. The van der Waals surface area contributed by atoms with E-state index >= 15 is 0 Å². The van der Waals surface area contributed by atoms with Crippen LogP contribution in [0.2, 0.25) is 0 Å². The molecule has 2 radical (unpaired) electrons. The molecule has 0 aliphatic carbocycles. The van der Waals surface area contributed by atoms with Crippen molar-refractivity contribution >= 4 is 59.1 Å². The second-order valence-corrected chi connectivity index (χ2v) is 1.15. The van der Waals surface area contributed by atoms with Gasteiger partial charge in [-0.25, -0.2) is 0 Å². The van der Waals surface area contributed by atoms with Gasteiger partial charge in [0.2, 0.25) is 0 Å². The van der Waals surface area contributed by atoms with Gasteiger partial charge in [-0.1, -0.05) is 6.08 Å². The van der Waals surface area contributed by atoms with Crippen molar-refractivity contribution in [3.05, 3.63) is 12.3 Å². The number of hydrogen-bond acceptors (Lipinski definition) is 1. The molecule has 0 unspecified atom stereocenters. The van der Waals surface area contributed by atoms with Gasteiger partial charge in [-0.05, 0) is 12.6 Å². The smallest absolute Gasteiger partial charge is 0.0176 e. The van der Waals surface area contributed by atoms with Crippen molar-refractivity contribution in [2.45, 2.75) is 6.42 Å². The van der Waals surface area contributed by atoms with Gasteiger partial charge in [0.05, 0.1) is 0 Å². The Morgan fingerprint density at radius 1 is 1.29 bits per heavy atom. The van der Waals surface area contributed by atoms with Gasteiger partial charge < -0.3 is 5.32 Å². The van der Waals surface area contributed by atoms with Gasteiger partial charge in [-0.15, -0.1) is 0 Å². The normalized spacial score (nSPS) is 13.7. The van der Waals surface area contributed by atoms with Gasteiger partial charge in [0.25, 0.3) is 0 Å². The molecule has 3 heteroatoms. The quantitative estimate of drug-likeness (QED) is 0.428. The van der Waals surface area contributed by atoms with Gasteiger partial charge in [0.15, 0.2) is 0 Å². The Hall–Kier alpha value is 1.54. The molecular formula is C4H7NNa2. The molecule has 0 aromatic rings. The Balaban J connectivity index is 0. The first-order chi connectivity index (χ1) is 2.50. The van der Waals surface area contributed by atoms with E-state index in [1.54, 1.807) is 0 Å². The van der Waals surface area contributed by atoms with Crippen LogP contribution in [0.5, 0.6) is 0 Å². The van der Waals surface area contributed by atoms with Crippen LogP contribution in [0.1, 0.15) is 6.42 Å². The first kappa shape index (κ1) is 11.4. The molecule has 0 bridgehead atoms. The third kappa shape index (κ3) is 5.41. The summed E-state index contributed by atoms with van der Waals surface area (Å²) in [5.41, 5.74) is 0. The summed E-state index contributed by atoms with van der Waals surface area (Å²) in [5.74, 6) is 0. The minimum Gasteiger partial charge on any atom is -0.391 e. The van der Waals surface area contributed by atoms with Gasteiger partial charge in [0.1, 0.15) is 0 Å². The molecule has 7 heavy (non-hydrogen) atoms. The third-order valence-corrected chi connectivity index (χ3v) is 0.691. The van der Waals surface area contributed by atoms with Crippen molar-refractivity contribution in [2.75, 3.05) is 6.54 Å². The molecule has 1 aliphatic rings. The van der Waals surface area contributed by atoms with Gasteiger partial charge >= 0.3 is 0 Å². The summed E-state index contributed by atoms with van der Waals surface area (Å²) in [5, 5.41) is 3.04. The first-order valence-corrected chi connectivity index (χ1v) is 1.88. The minimum absolute atomic E-state index is 0. The van der Waals surface area contributed by atoms with Crippen LogP contribution in [0.15, 0.2) is 12.3 Å². The predicted molar refractivity (Wildman–Crippen MR) is 33.3 cm³/mol. The Morgan fingerprint density at radius 2 is 2.00 bits per heavy atom. The number of rotatable bonds is 0. The molecule has 1 heterocycles. The summed E-state index contributed by atoms with van der Waals surface area (Å²) in [6, 6.07) is 0. The predicted octanol–water partition coefficient (Wildman–Crippen LogP) is -0.268. The van der Waals surface area contributed by atoms with Crippen LogP contribution in [0.25, 0.3) is 0 Å². The molecule has 0 saturated heterocycles. The molecule has 1 N–H and O–H groups in total. The summed E-state index contributed by atoms with van der Waals surface area (Å²) in [7, 11) is 0. The topological polar surface area (TPSA) is 12.0 Å². The molecule has 0 amide bonds. The number of nitrogens with one attached hydrogen (secondary N) is 1. The van der Waals surface area contributed by atoms with E-state index in [0.717, 1.165) is 6.54 Å². The summed E-state index contributed by atoms with van der Waals surface area (Å²) >= 11 is 0. The van der Waals surface area contributed by atoms with Crippen LogP contribution >= 0.6 is 0 Å². The van der Waals surface area contributed by atoms with Gasteiger partial charge in [0, 0.05) is 65.7 Å². The SMILES string of the molecule is C1=CNCC1.[Na].[Na]. The largest absolute Gasteiger partial charge is 0.391 e. The molecule has 0 saturated carbocycles. The molecule has 0 aromatic carbocycles. The van der Waals surface area contributed by atoms with Crippen molar-refractivity contribution < 1.29 is 0 Å². The van der Waals surface area contributed by atoms with E-state index in [9.17, 15) is 0 Å². The molecular weight excluding hydrogens is 108 g/mol. The molecule has 1 nitrogen and oxygen atoms in total. The van der Waals surface area contributed by atoms with Gasteiger partial charge in [-0.2, -0.15) is 0 Å². The minimum atomic E-state index is 0. The zero-order chi connectivity index (χ0) is 3.54. The molecule has 1 aliphatic heterocycles. The molecule has 0 atom stereocenters. The van der Waals surface area contributed by atoms with E-state index in [1.807, 2.05) is 6.20 Å². The monoisotopic (exact) mass is 115 g/mol. The maximum absolute atomic E-state index is 3.04. The van der Waals surface area contributed by atoms with Crippen molar-refractivity contribution in [1.82, 2.24) is 5.32 Å². The molecule has 0 spiro atoms. The fourth-order valence-electron chi connectivity index (χ4n) is 0.417. The van der Waals surface area contributed by atoms with Crippen LogP contribution in [-0.2, 0) is 0 Å². The summed E-state index contributed by atoms with van der Waals surface area (Å²) in [6.07, 6.45) is 5.32. The van der Waals surface area contributed by atoms with E-state index in [0.29, 0.717) is 0 Å². The van der Waals surface area contributed by atoms with E-state index in [-0.39, 0.29) is 59.1 Å². The van der Waals surface area contributed by atoms with E-state index < -0.39 is 0 Å².